The predicted octanol–water partition coefficient (Wildman–Crippen LogP) is 7.35. The van der Waals surface area contributed by atoms with Crippen molar-refractivity contribution in [1.82, 2.24) is 0 Å². The van der Waals surface area contributed by atoms with E-state index >= 15 is 0 Å². The summed E-state index contributed by atoms with van der Waals surface area (Å²) in [6.07, 6.45) is 12.5. The number of benzene rings is 1. The molecule has 4 heteroatoms. The van der Waals surface area contributed by atoms with Gasteiger partial charge in [0.05, 0.1) is 18.2 Å². The first-order valence-corrected chi connectivity index (χ1v) is 12.2. The fraction of sp³-hybridized carbons (Fsp3) is 0.760. The van der Waals surface area contributed by atoms with Crippen molar-refractivity contribution in [2.75, 3.05) is 13.2 Å². The van der Waals surface area contributed by atoms with Crippen LogP contribution in [0.2, 0.25) is 5.02 Å². The van der Waals surface area contributed by atoms with Crippen molar-refractivity contribution in [1.29, 1.82) is 0 Å². The second-order valence-corrected chi connectivity index (χ2v) is 10.1. The first kappa shape index (κ1) is 21.6. The van der Waals surface area contributed by atoms with Crippen LogP contribution in [0.4, 0.5) is 4.39 Å². The van der Waals surface area contributed by atoms with E-state index in [2.05, 4.69) is 6.92 Å². The molecule has 4 rings (SSSR count). The van der Waals surface area contributed by atoms with Gasteiger partial charge in [0.2, 0.25) is 0 Å². The van der Waals surface area contributed by atoms with Crippen molar-refractivity contribution in [3.8, 4) is 0 Å². The highest BCUT2D eigenvalue weighted by Gasteiger charge is 2.36. The summed E-state index contributed by atoms with van der Waals surface area (Å²) in [6.45, 7) is 4.04. The largest absolute Gasteiger partial charge is 0.352 e. The Morgan fingerprint density at radius 3 is 2.17 bits per heavy atom. The van der Waals surface area contributed by atoms with Gasteiger partial charge in [0.15, 0.2) is 6.29 Å². The highest BCUT2D eigenvalue weighted by molar-refractivity contribution is 6.30. The number of rotatable bonds is 5. The summed E-state index contributed by atoms with van der Waals surface area (Å²) in [5.74, 6) is 2.93. The molecule has 1 aromatic carbocycles. The maximum Gasteiger partial charge on any atom is 0.160 e. The van der Waals surface area contributed by atoms with Crippen LogP contribution in [0, 0.1) is 29.5 Å². The van der Waals surface area contributed by atoms with E-state index in [9.17, 15) is 4.39 Å². The maximum absolute atomic E-state index is 13.8. The molecule has 2 saturated carbocycles. The Morgan fingerprint density at radius 1 is 0.897 bits per heavy atom. The second kappa shape index (κ2) is 10.1. The summed E-state index contributed by atoms with van der Waals surface area (Å²) in [7, 11) is 0. The van der Waals surface area contributed by atoms with Gasteiger partial charge in [-0.1, -0.05) is 50.3 Å². The van der Waals surface area contributed by atoms with Crippen LogP contribution in [0.3, 0.4) is 0 Å². The standard InChI is InChI=1S/C25H36ClFO2/c1-2-3-17-4-6-19(7-5-17)22-15-28-25(29-16-22)20-10-8-18(9-11-20)21-12-13-23(26)24(27)14-21/h12-14,17-20,22,25H,2-11,15-16H2,1H3. The Labute approximate surface area is 180 Å². The van der Waals surface area contributed by atoms with Gasteiger partial charge in [-0.25, -0.2) is 4.39 Å². The normalized spacial score (nSPS) is 36.1. The molecule has 1 aromatic rings. The molecule has 0 amide bonds. The second-order valence-electron chi connectivity index (χ2n) is 9.65. The first-order chi connectivity index (χ1) is 14.1. The fourth-order valence-corrected chi connectivity index (χ4v) is 6.04. The van der Waals surface area contributed by atoms with Crippen LogP contribution in [0.1, 0.15) is 82.6 Å². The van der Waals surface area contributed by atoms with E-state index in [1.807, 2.05) is 6.07 Å². The summed E-state index contributed by atoms with van der Waals surface area (Å²) in [4.78, 5) is 0. The molecule has 3 aliphatic rings. The smallest absolute Gasteiger partial charge is 0.160 e. The Morgan fingerprint density at radius 2 is 1.55 bits per heavy atom. The molecule has 0 bridgehead atoms. The molecule has 0 aromatic heterocycles. The van der Waals surface area contributed by atoms with Crippen LogP contribution in [-0.4, -0.2) is 19.5 Å². The quantitative estimate of drug-likeness (QED) is 0.493. The monoisotopic (exact) mass is 422 g/mol. The maximum atomic E-state index is 13.8. The summed E-state index contributed by atoms with van der Waals surface area (Å²) in [5, 5.41) is 0.208. The molecule has 0 N–H and O–H groups in total. The first-order valence-electron chi connectivity index (χ1n) is 11.8. The van der Waals surface area contributed by atoms with Crippen molar-refractivity contribution in [3.05, 3.63) is 34.6 Å². The van der Waals surface area contributed by atoms with Crippen molar-refractivity contribution < 1.29 is 13.9 Å². The van der Waals surface area contributed by atoms with E-state index < -0.39 is 0 Å². The van der Waals surface area contributed by atoms with Gasteiger partial charge in [0.25, 0.3) is 0 Å². The van der Waals surface area contributed by atoms with Gasteiger partial charge in [-0.15, -0.1) is 0 Å². The van der Waals surface area contributed by atoms with E-state index in [1.54, 1.807) is 12.1 Å². The van der Waals surface area contributed by atoms with Crippen LogP contribution < -0.4 is 0 Å². The average Bonchev–Trinajstić information content (AvgIpc) is 2.77. The van der Waals surface area contributed by atoms with Gasteiger partial charge in [0, 0.05) is 11.8 Å². The topological polar surface area (TPSA) is 18.5 Å². The third-order valence-electron chi connectivity index (χ3n) is 7.78. The molecule has 0 unspecified atom stereocenters. The van der Waals surface area contributed by atoms with Gasteiger partial charge >= 0.3 is 0 Å². The van der Waals surface area contributed by atoms with Crippen LogP contribution in [0.15, 0.2) is 18.2 Å². The zero-order valence-electron chi connectivity index (χ0n) is 17.8. The zero-order valence-corrected chi connectivity index (χ0v) is 18.5. The molecule has 0 spiro atoms. The Hall–Kier alpha value is -0.640. The highest BCUT2D eigenvalue weighted by atomic mass is 35.5. The van der Waals surface area contributed by atoms with Crippen molar-refractivity contribution in [3.63, 3.8) is 0 Å². The fourth-order valence-electron chi connectivity index (χ4n) is 5.92. The van der Waals surface area contributed by atoms with Crippen LogP contribution >= 0.6 is 11.6 Å². The molecule has 1 aliphatic heterocycles. The predicted molar refractivity (Wildman–Crippen MR) is 116 cm³/mol. The minimum Gasteiger partial charge on any atom is -0.352 e. The highest BCUT2D eigenvalue weighted by Crippen LogP contribution is 2.41. The summed E-state index contributed by atoms with van der Waals surface area (Å²) >= 11 is 5.83. The van der Waals surface area contributed by atoms with E-state index in [0.29, 0.717) is 17.8 Å². The lowest BCUT2D eigenvalue weighted by Gasteiger charge is -2.41. The molecule has 162 valence electrons. The third kappa shape index (κ3) is 5.35. The lowest BCUT2D eigenvalue weighted by atomic mass is 9.74. The molecule has 1 saturated heterocycles. The molecular weight excluding hydrogens is 387 g/mol. The van der Waals surface area contributed by atoms with Crippen LogP contribution in [0.25, 0.3) is 0 Å². The molecule has 0 radical (unpaired) electrons. The lowest BCUT2D eigenvalue weighted by molar-refractivity contribution is -0.236. The van der Waals surface area contributed by atoms with Crippen LogP contribution in [-0.2, 0) is 9.47 Å². The van der Waals surface area contributed by atoms with Gasteiger partial charge in [-0.3, -0.25) is 0 Å². The summed E-state index contributed by atoms with van der Waals surface area (Å²) in [5.41, 5.74) is 1.08. The third-order valence-corrected chi connectivity index (χ3v) is 8.08. The molecule has 3 fully saturated rings. The van der Waals surface area contributed by atoms with Gasteiger partial charge in [-0.2, -0.15) is 0 Å². The SMILES string of the molecule is CCCC1CCC(C2COC(C3CCC(c4ccc(Cl)c(F)c4)CC3)OC2)CC1. The zero-order chi connectivity index (χ0) is 20.2. The number of hydrogen-bond donors (Lipinski definition) is 0. The molecular formula is C25H36ClFO2. The molecule has 29 heavy (non-hydrogen) atoms. The number of halogens is 2. The Balaban J connectivity index is 1.21. The Bertz CT molecular complexity index is 642. The van der Waals surface area contributed by atoms with E-state index in [0.717, 1.165) is 56.3 Å². The van der Waals surface area contributed by atoms with E-state index in [-0.39, 0.29) is 17.1 Å². The molecule has 2 nitrogen and oxygen atoms in total. The van der Waals surface area contributed by atoms with Crippen LogP contribution in [0.5, 0.6) is 0 Å². The number of hydrogen-bond acceptors (Lipinski definition) is 2. The van der Waals surface area contributed by atoms with Gasteiger partial charge in [-0.05, 0) is 74.0 Å². The van der Waals surface area contributed by atoms with Crippen molar-refractivity contribution >= 4 is 11.6 Å². The summed E-state index contributed by atoms with van der Waals surface area (Å²) < 4.78 is 26.2. The van der Waals surface area contributed by atoms with Crippen molar-refractivity contribution in [2.24, 2.45) is 23.7 Å². The van der Waals surface area contributed by atoms with E-state index in [4.69, 9.17) is 21.1 Å². The number of ether oxygens (including phenoxy) is 2. The van der Waals surface area contributed by atoms with Gasteiger partial charge < -0.3 is 9.47 Å². The molecule has 1 heterocycles. The summed E-state index contributed by atoms with van der Waals surface area (Å²) in [6, 6.07) is 5.27. The van der Waals surface area contributed by atoms with Crippen molar-refractivity contribution in [2.45, 2.75) is 83.3 Å². The minimum absolute atomic E-state index is 0.0365. The van der Waals surface area contributed by atoms with E-state index in [1.165, 1.54) is 38.5 Å². The molecule has 2 aliphatic carbocycles. The Kier molecular flexibility index (Phi) is 7.53. The minimum atomic E-state index is -0.306. The average molecular weight is 423 g/mol. The lowest BCUT2D eigenvalue weighted by Crippen LogP contribution is -2.41. The van der Waals surface area contributed by atoms with Gasteiger partial charge in [0.1, 0.15) is 5.82 Å². The molecule has 0 atom stereocenters.